The van der Waals surface area contributed by atoms with Gasteiger partial charge in [0.05, 0.1) is 0 Å². The van der Waals surface area contributed by atoms with Crippen LogP contribution in [0.15, 0.2) is 24.3 Å². The van der Waals surface area contributed by atoms with Crippen LogP contribution in [0.25, 0.3) is 0 Å². The Morgan fingerprint density at radius 2 is 2.00 bits per heavy atom. The van der Waals surface area contributed by atoms with Crippen LogP contribution in [-0.2, 0) is 0 Å². The van der Waals surface area contributed by atoms with Crippen molar-refractivity contribution in [2.24, 2.45) is 0 Å². The van der Waals surface area contributed by atoms with Crippen molar-refractivity contribution in [2.45, 2.75) is 0 Å². The Hall–Kier alpha value is -1.78. The number of hydrogen-bond acceptors (Lipinski definition) is 2. The maximum atomic E-state index is 11.3. The number of urea groups is 1. The number of rotatable bonds is 2. The minimum absolute atomic E-state index is 0.109. The van der Waals surface area contributed by atoms with Crippen LogP contribution in [0.5, 0.6) is 0 Å². The van der Waals surface area contributed by atoms with E-state index in [0.717, 1.165) is 5.69 Å². The van der Waals surface area contributed by atoms with Crippen LogP contribution < -0.4 is 10.2 Å². The van der Waals surface area contributed by atoms with E-state index in [-0.39, 0.29) is 6.03 Å². The van der Waals surface area contributed by atoms with Gasteiger partial charge in [-0.1, -0.05) is 12.1 Å². The lowest BCUT2D eigenvalue weighted by Crippen LogP contribution is -2.27. The first-order chi connectivity index (χ1) is 7.18. The number of nitrogens with one attached hydrogen (secondary N) is 1. The van der Waals surface area contributed by atoms with E-state index in [0.29, 0.717) is 18.7 Å². The molecule has 0 atom stereocenters. The predicted octanol–water partition coefficient (Wildman–Crippen LogP) is 0.525. The molecule has 0 unspecified atom stereocenters. The van der Waals surface area contributed by atoms with Gasteiger partial charge in [-0.3, -0.25) is 4.90 Å². The molecule has 0 saturated carbocycles. The molecule has 1 heterocycles. The van der Waals surface area contributed by atoms with Crippen molar-refractivity contribution in [3.05, 3.63) is 29.8 Å². The molecule has 74 valence electrons. The molecule has 0 bridgehead atoms. The van der Waals surface area contributed by atoms with E-state index in [1.807, 2.05) is 0 Å². The second kappa shape index (κ2) is 3.77. The molecule has 5 heteroatoms. The minimum atomic E-state index is -0.465. The number of anilines is 1. The standard InChI is InChI=1S/C10H9BN2O2/c11-9(14)7-1-3-8(4-2-7)13-6-5-12-10(13)15/h1-4H,5-6H2,(H,12,15). The van der Waals surface area contributed by atoms with Crippen LogP contribution in [0.2, 0.25) is 0 Å². The summed E-state index contributed by atoms with van der Waals surface area (Å²) in [5, 5.41) is 2.70. The maximum Gasteiger partial charge on any atom is 0.321 e. The molecule has 0 aliphatic carbocycles. The number of carbonyl (C=O) groups is 2. The second-order valence-corrected chi connectivity index (χ2v) is 3.29. The lowest BCUT2D eigenvalue weighted by Gasteiger charge is -2.14. The first kappa shape index (κ1) is 9.77. The van der Waals surface area contributed by atoms with Gasteiger partial charge >= 0.3 is 6.03 Å². The van der Waals surface area contributed by atoms with Gasteiger partial charge in [-0.15, -0.1) is 0 Å². The third-order valence-electron chi connectivity index (χ3n) is 2.32. The Morgan fingerprint density at radius 1 is 1.33 bits per heavy atom. The molecule has 1 aliphatic heterocycles. The van der Waals surface area contributed by atoms with E-state index in [2.05, 4.69) is 5.32 Å². The summed E-state index contributed by atoms with van der Waals surface area (Å²) < 4.78 is 0. The van der Waals surface area contributed by atoms with E-state index in [1.54, 1.807) is 29.2 Å². The lowest BCUT2D eigenvalue weighted by molar-refractivity contribution is 0.108. The van der Waals surface area contributed by atoms with Crippen LogP contribution in [0.4, 0.5) is 10.5 Å². The summed E-state index contributed by atoms with van der Waals surface area (Å²) in [6.45, 7) is 1.30. The molecular weight excluding hydrogens is 191 g/mol. The minimum Gasteiger partial charge on any atom is -0.336 e. The smallest absolute Gasteiger partial charge is 0.321 e. The Kier molecular flexibility index (Phi) is 2.45. The quantitative estimate of drug-likeness (QED) is 0.707. The molecule has 1 N–H and O–H groups in total. The first-order valence-electron chi connectivity index (χ1n) is 4.64. The van der Waals surface area contributed by atoms with Crippen LogP contribution >= 0.6 is 0 Å². The summed E-state index contributed by atoms with van der Waals surface area (Å²) in [7, 11) is 5.11. The Morgan fingerprint density at radius 3 is 2.47 bits per heavy atom. The number of nitrogens with zero attached hydrogens (tertiary/aromatic N) is 1. The zero-order valence-electron chi connectivity index (χ0n) is 8.06. The molecule has 4 nitrogen and oxygen atoms in total. The van der Waals surface area contributed by atoms with E-state index < -0.39 is 5.68 Å². The number of amides is 2. The molecule has 2 amide bonds. The topological polar surface area (TPSA) is 49.4 Å². The van der Waals surface area contributed by atoms with Gasteiger partial charge in [0.15, 0.2) is 7.85 Å². The predicted molar refractivity (Wildman–Crippen MR) is 57.3 cm³/mol. The summed E-state index contributed by atoms with van der Waals surface area (Å²) in [5.41, 5.74) is 0.751. The molecule has 0 aromatic heterocycles. The van der Waals surface area contributed by atoms with Crippen molar-refractivity contribution in [1.82, 2.24) is 5.32 Å². The maximum absolute atomic E-state index is 11.3. The van der Waals surface area contributed by atoms with Gasteiger partial charge in [0.1, 0.15) is 5.68 Å². The first-order valence-corrected chi connectivity index (χ1v) is 4.64. The average molecular weight is 200 g/mol. The van der Waals surface area contributed by atoms with E-state index >= 15 is 0 Å². The zero-order chi connectivity index (χ0) is 10.8. The fourth-order valence-corrected chi connectivity index (χ4v) is 1.52. The van der Waals surface area contributed by atoms with E-state index in [1.165, 1.54) is 0 Å². The largest absolute Gasteiger partial charge is 0.336 e. The summed E-state index contributed by atoms with van der Waals surface area (Å²) in [5.74, 6) is 0. The fraction of sp³-hybridized carbons (Fsp3) is 0.200. The van der Waals surface area contributed by atoms with Crippen molar-refractivity contribution < 1.29 is 9.59 Å². The van der Waals surface area contributed by atoms with Crippen molar-refractivity contribution in [3.8, 4) is 0 Å². The summed E-state index contributed by atoms with van der Waals surface area (Å²) >= 11 is 0. The molecule has 2 radical (unpaired) electrons. The van der Waals surface area contributed by atoms with Crippen LogP contribution in [0, 0.1) is 0 Å². The molecule has 2 rings (SSSR count). The van der Waals surface area contributed by atoms with Gasteiger partial charge in [0.25, 0.3) is 0 Å². The van der Waals surface area contributed by atoms with Crippen LogP contribution in [-0.4, -0.2) is 32.6 Å². The number of carbonyl (C=O) groups excluding carboxylic acids is 2. The van der Waals surface area contributed by atoms with Gasteiger partial charge in [0, 0.05) is 24.3 Å². The highest BCUT2D eigenvalue weighted by atomic mass is 16.2. The molecule has 15 heavy (non-hydrogen) atoms. The Balaban J connectivity index is 2.23. The highest BCUT2D eigenvalue weighted by Crippen LogP contribution is 2.16. The Labute approximate surface area is 88.7 Å². The van der Waals surface area contributed by atoms with Crippen molar-refractivity contribution in [2.75, 3.05) is 18.0 Å². The van der Waals surface area contributed by atoms with Crippen molar-refractivity contribution >= 4 is 25.2 Å². The summed E-state index contributed by atoms with van der Waals surface area (Å²) in [4.78, 5) is 23.8. The van der Waals surface area contributed by atoms with E-state index in [4.69, 9.17) is 7.85 Å². The third kappa shape index (κ3) is 1.86. The molecule has 1 aromatic rings. The van der Waals surface area contributed by atoms with Gasteiger partial charge in [0.2, 0.25) is 0 Å². The normalized spacial score (nSPS) is 15.2. The lowest BCUT2D eigenvalue weighted by atomic mass is 9.95. The molecule has 1 aromatic carbocycles. The van der Waals surface area contributed by atoms with Gasteiger partial charge < -0.3 is 10.1 Å². The summed E-state index contributed by atoms with van der Waals surface area (Å²) in [6, 6.07) is 6.55. The second-order valence-electron chi connectivity index (χ2n) is 3.29. The monoisotopic (exact) mass is 200 g/mol. The molecule has 0 spiro atoms. The fourth-order valence-electron chi connectivity index (χ4n) is 1.52. The molecule has 1 fully saturated rings. The highest BCUT2D eigenvalue weighted by molar-refractivity contribution is 6.62. The molecule has 1 aliphatic rings. The van der Waals surface area contributed by atoms with Crippen molar-refractivity contribution in [3.63, 3.8) is 0 Å². The Bertz CT molecular complexity index is 402. The van der Waals surface area contributed by atoms with Crippen LogP contribution in [0.1, 0.15) is 10.4 Å². The van der Waals surface area contributed by atoms with Crippen molar-refractivity contribution in [1.29, 1.82) is 0 Å². The zero-order valence-corrected chi connectivity index (χ0v) is 8.06. The molecule has 1 saturated heterocycles. The highest BCUT2D eigenvalue weighted by Gasteiger charge is 2.20. The SMILES string of the molecule is [B]C(=O)c1ccc(N2CCNC2=O)cc1. The van der Waals surface area contributed by atoms with Gasteiger partial charge in [-0.25, -0.2) is 4.79 Å². The molecular formula is C10H9BN2O2. The van der Waals surface area contributed by atoms with Gasteiger partial charge in [-0.05, 0) is 12.1 Å². The van der Waals surface area contributed by atoms with Gasteiger partial charge in [-0.2, -0.15) is 0 Å². The number of benzene rings is 1. The van der Waals surface area contributed by atoms with E-state index in [9.17, 15) is 9.59 Å². The average Bonchev–Trinajstić information content (AvgIpc) is 2.65. The van der Waals surface area contributed by atoms with Crippen LogP contribution in [0.3, 0.4) is 0 Å². The summed E-state index contributed by atoms with van der Waals surface area (Å²) in [6.07, 6.45) is 0. The third-order valence-corrected chi connectivity index (χ3v) is 2.32. The number of hydrogen-bond donors (Lipinski definition) is 1.